The van der Waals surface area contributed by atoms with Gasteiger partial charge in [-0.3, -0.25) is 0 Å². The maximum Gasteiger partial charge on any atom is 0.226 e. The van der Waals surface area contributed by atoms with E-state index in [-0.39, 0.29) is 11.1 Å². The SMILES string of the molecule is O[C@H]1CC[C@H](NCC2CCN(c3ncc4ncnc(Nc5ccc(F)c(Cl)c5)c4n3)CC2)CC1. The molecule has 1 aliphatic heterocycles. The van der Waals surface area contributed by atoms with Crippen molar-refractivity contribution in [1.82, 2.24) is 25.3 Å². The molecule has 10 heteroatoms. The number of aromatic nitrogens is 4. The van der Waals surface area contributed by atoms with Gasteiger partial charge in [0.1, 0.15) is 23.2 Å². The molecule has 0 spiro atoms. The molecular weight excluding hydrogens is 457 g/mol. The number of anilines is 3. The Morgan fingerprint density at radius 1 is 1.06 bits per heavy atom. The second-order valence-electron chi connectivity index (χ2n) is 9.22. The number of aliphatic hydroxyl groups excluding tert-OH is 1. The van der Waals surface area contributed by atoms with E-state index in [0.717, 1.165) is 58.2 Å². The zero-order valence-electron chi connectivity index (χ0n) is 18.9. The fraction of sp³-hybridized carbons (Fsp3) is 0.500. The summed E-state index contributed by atoms with van der Waals surface area (Å²) in [6.45, 7) is 2.81. The van der Waals surface area contributed by atoms with E-state index in [2.05, 4.69) is 30.5 Å². The van der Waals surface area contributed by atoms with Gasteiger partial charge in [0.25, 0.3) is 0 Å². The first-order chi connectivity index (χ1) is 16.5. The Bertz CT molecular complexity index is 1130. The summed E-state index contributed by atoms with van der Waals surface area (Å²) >= 11 is 5.91. The molecule has 2 fully saturated rings. The molecule has 1 aromatic carbocycles. The minimum Gasteiger partial charge on any atom is -0.393 e. The van der Waals surface area contributed by atoms with E-state index in [1.54, 1.807) is 12.3 Å². The number of halogens is 2. The topological polar surface area (TPSA) is 99.1 Å². The van der Waals surface area contributed by atoms with E-state index in [1.807, 2.05) is 0 Å². The van der Waals surface area contributed by atoms with Gasteiger partial charge in [-0.1, -0.05) is 11.6 Å². The second-order valence-corrected chi connectivity index (χ2v) is 9.63. The number of nitrogens with zero attached hydrogens (tertiary/aromatic N) is 5. The number of piperidine rings is 1. The summed E-state index contributed by atoms with van der Waals surface area (Å²) in [4.78, 5) is 20.1. The lowest BCUT2D eigenvalue weighted by molar-refractivity contribution is 0.115. The Morgan fingerprint density at radius 2 is 1.85 bits per heavy atom. The summed E-state index contributed by atoms with van der Waals surface area (Å²) in [5, 5.41) is 16.6. The molecule has 180 valence electrons. The number of hydrogen-bond acceptors (Lipinski definition) is 8. The van der Waals surface area contributed by atoms with Gasteiger partial charge in [0, 0.05) is 24.8 Å². The van der Waals surface area contributed by atoms with Crippen LogP contribution in [0.2, 0.25) is 5.02 Å². The smallest absolute Gasteiger partial charge is 0.226 e. The fourth-order valence-electron chi connectivity index (χ4n) is 4.75. The number of rotatable bonds is 6. The van der Waals surface area contributed by atoms with Gasteiger partial charge in [0.15, 0.2) is 5.82 Å². The molecule has 2 aromatic heterocycles. The third kappa shape index (κ3) is 5.37. The van der Waals surface area contributed by atoms with Crippen molar-refractivity contribution in [2.75, 3.05) is 29.9 Å². The molecule has 2 aliphatic rings. The molecule has 3 N–H and O–H groups in total. The van der Waals surface area contributed by atoms with Crippen molar-refractivity contribution in [3.63, 3.8) is 0 Å². The molecule has 0 bridgehead atoms. The van der Waals surface area contributed by atoms with E-state index < -0.39 is 5.82 Å². The molecule has 1 saturated carbocycles. The predicted molar refractivity (Wildman–Crippen MR) is 131 cm³/mol. The molecule has 34 heavy (non-hydrogen) atoms. The molecular formula is C24H29ClFN7O. The lowest BCUT2D eigenvalue weighted by Crippen LogP contribution is -2.41. The largest absolute Gasteiger partial charge is 0.393 e. The highest BCUT2D eigenvalue weighted by atomic mass is 35.5. The van der Waals surface area contributed by atoms with Crippen LogP contribution >= 0.6 is 11.6 Å². The van der Waals surface area contributed by atoms with Crippen molar-refractivity contribution in [3.05, 3.63) is 41.6 Å². The Balaban J connectivity index is 1.23. The monoisotopic (exact) mass is 485 g/mol. The second kappa shape index (κ2) is 10.3. The molecule has 0 atom stereocenters. The van der Waals surface area contributed by atoms with Gasteiger partial charge >= 0.3 is 0 Å². The van der Waals surface area contributed by atoms with Crippen molar-refractivity contribution < 1.29 is 9.50 Å². The first-order valence-electron chi connectivity index (χ1n) is 11.9. The normalized spacial score (nSPS) is 21.7. The lowest BCUT2D eigenvalue weighted by Gasteiger charge is -2.34. The van der Waals surface area contributed by atoms with Gasteiger partial charge in [-0.2, -0.15) is 0 Å². The molecule has 1 saturated heterocycles. The standard InChI is InChI=1S/C24H29ClFN7O/c25-19-11-17(3-6-20(19)26)31-23-22-21(29-14-30-23)13-28-24(32-22)33-9-7-15(8-10-33)12-27-16-1-4-18(34)5-2-16/h3,6,11,13-16,18,27,34H,1-2,4-5,7-10,12H2,(H,29,30,31)/t16-,18-. The molecule has 0 unspecified atom stereocenters. The summed E-state index contributed by atoms with van der Waals surface area (Å²) in [5.41, 5.74) is 1.86. The van der Waals surface area contributed by atoms with E-state index in [0.29, 0.717) is 40.4 Å². The van der Waals surface area contributed by atoms with E-state index in [4.69, 9.17) is 16.6 Å². The average Bonchev–Trinajstić information content (AvgIpc) is 2.86. The van der Waals surface area contributed by atoms with E-state index >= 15 is 0 Å². The molecule has 5 rings (SSSR count). The molecule has 3 aromatic rings. The Kier molecular flexibility index (Phi) is 7.03. The van der Waals surface area contributed by atoms with Crippen molar-refractivity contribution in [2.24, 2.45) is 5.92 Å². The Labute approximate surface area is 203 Å². The number of benzene rings is 1. The van der Waals surface area contributed by atoms with Crippen LogP contribution in [-0.4, -0.2) is 56.8 Å². The number of hydrogen-bond donors (Lipinski definition) is 3. The first kappa shape index (κ1) is 23.1. The van der Waals surface area contributed by atoms with Gasteiger partial charge in [-0.05, 0) is 69.2 Å². The molecule has 0 radical (unpaired) electrons. The lowest BCUT2D eigenvalue weighted by atomic mass is 9.91. The number of nitrogens with one attached hydrogen (secondary N) is 2. The van der Waals surface area contributed by atoms with Gasteiger partial charge in [0.2, 0.25) is 5.95 Å². The van der Waals surface area contributed by atoms with Crippen LogP contribution in [0.15, 0.2) is 30.7 Å². The zero-order valence-corrected chi connectivity index (χ0v) is 19.7. The van der Waals surface area contributed by atoms with Crippen LogP contribution in [0.4, 0.5) is 21.8 Å². The highest BCUT2D eigenvalue weighted by molar-refractivity contribution is 6.31. The van der Waals surface area contributed by atoms with Gasteiger partial charge in [-0.15, -0.1) is 0 Å². The van der Waals surface area contributed by atoms with Crippen molar-refractivity contribution >= 4 is 40.1 Å². The highest BCUT2D eigenvalue weighted by Crippen LogP contribution is 2.27. The number of fused-ring (bicyclic) bond motifs is 1. The summed E-state index contributed by atoms with van der Waals surface area (Å²) < 4.78 is 13.5. The van der Waals surface area contributed by atoms with Crippen LogP contribution in [0.25, 0.3) is 11.0 Å². The predicted octanol–water partition coefficient (Wildman–Crippen LogP) is 4.07. The highest BCUT2D eigenvalue weighted by Gasteiger charge is 2.24. The van der Waals surface area contributed by atoms with Gasteiger partial charge in [0.05, 0.1) is 17.3 Å². The van der Waals surface area contributed by atoms with Crippen molar-refractivity contribution in [3.8, 4) is 0 Å². The van der Waals surface area contributed by atoms with Crippen LogP contribution in [0.5, 0.6) is 0 Å². The minimum absolute atomic E-state index is 0.0390. The first-order valence-corrected chi connectivity index (χ1v) is 12.3. The van der Waals surface area contributed by atoms with Crippen molar-refractivity contribution in [2.45, 2.75) is 50.7 Å². The fourth-order valence-corrected chi connectivity index (χ4v) is 4.93. The number of aliphatic hydroxyl groups is 1. The van der Waals surface area contributed by atoms with E-state index in [9.17, 15) is 9.50 Å². The third-order valence-corrected chi connectivity index (χ3v) is 7.13. The Morgan fingerprint density at radius 3 is 2.62 bits per heavy atom. The summed E-state index contributed by atoms with van der Waals surface area (Å²) in [6, 6.07) is 4.96. The maximum atomic E-state index is 13.5. The quantitative estimate of drug-likeness (QED) is 0.480. The summed E-state index contributed by atoms with van der Waals surface area (Å²) in [7, 11) is 0. The molecule has 0 amide bonds. The van der Waals surface area contributed by atoms with E-state index in [1.165, 1.54) is 18.5 Å². The van der Waals surface area contributed by atoms with Crippen LogP contribution in [0.1, 0.15) is 38.5 Å². The minimum atomic E-state index is -0.472. The summed E-state index contributed by atoms with van der Waals surface area (Å²) in [6.07, 6.45) is 9.15. The molecule has 1 aliphatic carbocycles. The van der Waals surface area contributed by atoms with Gasteiger partial charge in [-0.25, -0.2) is 24.3 Å². The van der Waals surface area contributed by atoms with Crippen LogP contribution in [0.3, 0.4) is 0 Å². The van der Waals surface area contributed by atoms with Crippen LogP contribution in [-0.2, 0) is 0 Å². The van der Waals surface area contributed by atoms with Crippen LogP contribution < -0.4 is 15.5 Å². The third-order valence-electron chi connectivity index (χ3n) is 6.84. The van der Waals surface area contributed by atoms with Gasteiger partial charge < -0.3 is 20.6 Å². The summed E-state index contributed by atoms with van der Waals surface area (Å²) in [5.74, 6) is 1.34. The molecule has 8 nitrogen and oxygen atoms in total. The van der Waals surface area contributed by atoms with Crippen LogP contribution in [0, 0.1) is 11.7 Å². The van der Waals surface area contributed by atoms with Crippen molar-refractivity contribution in [1.29, 1.82) is 0 Å². The molecule has 3 heterocycles. The maximum absolute atomic E-state index is 13.5. The average molecular weight is 486 g/mol. The Hall–Kier alpha value is -2.62. The zero-order chi connectivity index (χ0) is 23.5.